The number of carbonyl (C=O) groups excluding carboxylic acids is 1. The van der Waals surface area contributed by atoms with Crippen molar-refractivity contribution in [1.82, 2.24) is 24.6 Å². The Morgan fingerprint density at radius 1 is 1.14 bits per heavy atom. The molecule has 2 aromatic heterocycles. The molecule has 0 fully saturated rings. The van der Waals surface area contributed by atoms with Crippen LogP contribution in [0.25, 0.3) is 27.8 Å². The molecule has 9 nitrogen and oxygen atoms in total. The second kappa shape index (κ2) is 9.38. The van der Waals surface area contributed by atoms with Crippen LogP contribution in [0.5, 0.6) is 11.5 Å². The molecular formula is C23H19F3N6O3. The summed E-state index contributed by atoms with van der Waals surface area (Å²) in [6.07, 6.45) is 0.442. The second-order valence-corrected chi connectivity index (χ2v) is 7.43. The van der Waals surface area contributed by atoms with Gasteiger partial charge in [0.05, 0.1) is 43.2 Å². The van der Waals surface area contributed by atoms with E-state index in [4.69, 9.17) is 14.7 Å². The third-order valence-electron chi connectivity index (χ3n) is 5.19. The first-order valence-electron chi connectivity index (χ1n) is 10.2. The molecule has 0 aliphatic carbocycles. The van der Waals surface area contributed by atoms with Gasteiger partial charge in [0.2, 0.25) is 0 Å². The average Bonchev–Trinajstić information content (AvgIpc) is 3.48. The number of carbonyl (C=O) groups is 1. The van der Waals surface area contributed by atoms with Crippen LogP contribution in [-0.4, -0.2) is 52.2 Å². The molecule has 2 heterocycles. The molecular weight excluding hydrogens is 465 g/mol. The van der Waals surface area contributed by atoms with Gasteiger partial charge in [-0.15, -0.1) is 0 Å². The Labute approximate surface area is 197 Å². The number of nitriles is 1. The Kier molecular flexibility index (Phi) is 6.33. The lowest BCUT2D eigenvalue weighted by Crippen LogP contribution is -2.34. The van der Waals surface area contributed by atoms with Crippen molar-refractivity contribution in [2.75, 3.05) is 20.8 Å². The van der Waals surface area contributed by atoms with Gasteiger partial charge in [-0.1, -0.05) is 6.07 Å². The van der Waals surface area contributed by atoms with E-state index in [2.05, 4.69) is 10.1 Å². The van der Waals surface area contributed by atoms with Crippen LogP contribution >= 0.6 is 0 Å². The van der Waals surface area contributed by atoms with Crippen LogP contribution in [0, 0.1) is 11.3 Å². The number of nitrogens with one attached hydrogen (secondary N) is 1. The van der Waals surface area contributed by atoms with E-state index in [0.29, 0.717) is 11.2 Å². The molecule has 0 saturated heterocycles. The first-order chi connectivity index (χ1) is 16.7. The van der Waals surface area contributed by atoms with Gasteiger partial charge in [-0.25, -0.2) is 4.98 Å². The van der Waals surface area contributed by atoms with E-state index in [1.165, 1.54) is 31.0 Å². The zero-order valence-electron chi connectivity index (χ0n) is 18.6. The minimum absolute atomic E-state index is 0.0439. The van der Waals surface area contributed by atoms with E-state index in [9.17, 15) is 18.0 Å². The number of halogens is 3. The fraction of sp³-hybridized carbons (Fsp3) is 0.217. The van der Waals surface area contributed by atoms with Gasteiger partial charge in [0.25, 0.3) is 5.91 Å². The van der Waals surface area contributed by atoms with Crippen molar-refractivity contribution in [3.05, 3.63) is 54.6 Å². The summed E-state index contributed by atoms with van der Waals surface area (Å²) in [5, 5.41) is 14.8. The molecule has 35 heavy (non-hydrogen) atoms. The Morgan fingerprint density at radius 2 is 1.86 bits per heavy atom. The standard InChI is InChI=1S/C23H19F3N6O3/c1-34-19-8-16(9-20(35-2)21(19)22(33)28-12-23(24,25)26)32-13-29-17-7-14(3-4-18(17)32)15-10-30-31(11-15)6-5-27/h3-4,7-11,13H,6,12H2,1-2H3,(H,28,33). The van der Waals surface area contributed by atoms with E-state index in [1.54, 1.807) is 23.3 Å². The molecule has 4 aromatic rings. The van der Waals surface area contributed by atoms with E-state index >= 15 is 0 Å². The lowest BCUT2D eigenvalue weighted by atomic mass is 10.1. The lowest BCUT2D eigenvalue weighted by molar-refractivity contribution is -0.123. The normalized spacial score (nSPS) is 11.3. The number of fused-ring (bicyclic) bond motifs is 1. The van der Waals surface area contributed by atoms with Crippen LogP contribution in [0.4, 0.5) is 13.2 Å². The van der Waals surface area contributed by atoms with Crippen molar-refractivity contribution < 1.29 is 27.4 Å². The van der Waals surface area contributed by atoms with Crippen molar-refractivity contribution >= 4 is 16.9 Å². The number of hydrogen-bond acceptors (Lipinski definition) is 6. The van der Waals surface area contributed by atoms with Gasteiger partial charge in [0.1, 0.15) is 36.5 Å². The highest BCUT2D eigenvalue weighted by molar-refractivity contribution is 6.00. The zero-order chi connectivity index (χ0) is 25.2. The molecule has 0 aliphatic heterocycles. The third-order valence-corrected chi connectivity index (χ3v) is 5.19. The maximum absolute atomic E-state index is 12.6. The summed E-state index contributed by atoms with van der Waals surface area (Å²) in [5.74, 6) is -0.885. The Morgan fingerprint density at radius 3 is 2.49 bits per heavy atom. The minimum atomic E-state index is -4.56. The average molecular weight is 484 g/mol. The number of alkyl halides is 3. The molecule has 0 bridgehead atoms. The summed E-state index contributed by atoms with van der Waals surface area (Å²) in [7, 11) is 2.62. The largest absolute Gasteiger partial charge is 0.496 e. The minimum Gasteiger partial charge on any atom is -0.496 e. The van der Waals surface area contributed by atoms with Crippen LogP contribution in [-0.2, 0) is 6.54 Å². The van der Waals surface area contributed by atoms with Gasteiger partial charge in [-0.3, -0.25) is 14.0 Å². The van der Waals surface area contributed by atoms with E-state index < -0.39 is 18.6 Å². The highest BCUT2D eigenvalue weighted by Gasteiger charge is 2.30. The second-order valence-electron chi connectivity index (χ2n) is 7.43. The number of aromatic nitrogens is 4. The van der Waals surface area contributed by atoms with Crippen molar-refractivity contribution in [2.45, 2.75) is 12.7 Å². The first kappa shape index (κ1) is 23.6. The molecule has 0 spiro atoms. The van der Waals surface area contributed by atoms with E-state index in [1.807, 2.05) is 29.6 Å². The van der Waals surface area contributed by atoms with Crippen molar-refractivity contribution in [1.29, 1.82) is 5.26 Å². The number of methoxy groups -OCH3 is 2. The summed E-state index contributed by atoms with van der Waals surface area (Å²) >= 11 is 0. The number of rotatable bonds is 7. The third kappa shape index (κ3) is 4.89. The predicted molar refractivity (Wildman–Crippen MR) is 119 cm³/mol. The van der Waals surface area contributed by atoms with Crippen LogP contribution in [0.1, 0.15) is 10.4 Å². The zero-order valence-corrected chi connectivity index (χ0v) is 18.6. The van der Waals surface area contributed by atoms with Crippen LogP contribution in [0.15, 0.2) is 49.1 Å². The number of nitrogens with zero attached hydrogens (tertiary/aromatic N) is 5. The van der Waals surface area contributed by atoms with Gasteiger partial charge in [0, 0.05) is 23.9 Å². The van der Waals surface area contributed by atoms with Gasteiger partial charge in [-0.2, -0.15) is 23.5 Å². The number of amides is 1. The first-order valence-corrected chi connectivity index (χ1v) is 10.2. The van der Waals surface area contributed by atoms with Crippen molar-refractivity contribution in [3.8, 4) is 34.4 Å². The molecule has 0 unspecified atom stereocenters. The number of benzene rings is 2. The number of hydrogen-bond donors (Lipinski definition) is 1. The topological polar surface area (TPSA) is 107 Å². The molecule has 0 saturated carbocycles. The fourth-order valence-corrected chi connectivity index (χ4v) is 3.60. The molecule has 0 atom stereocenters. The van der Waals surface area contributed by atoms with E-state index in [-0.39, 0.29) is 23.6 Å². The molecule has 4 rings (SSSR count). The number of ether oxygens (including phenoxy) is 2. The van der Waals surface area contributed by atoms with Crippen molar-refractivity contribution in [3.63, 3.8) is 0 Å². The summed E-state index contributed by atoms with van der Waals surface area (Å²) in [4.78, 5) is 16.9. The van der Waals surface area contributed by atoms with Crippen molar-refractivity contribution in [2.24, 2.45) is 0 Å². The molecule has 0 radical (unpaired) electrons. The van der Waals surface area contributed by atoms with Gasteiger partial charge < -0.3 is 14.8 Å². The Balaban J connectivity index is 1.71. The Hall–Kier alpha value is -4.53. The summed E-state index contributed by atoms with van der Waals surface area (Å²) < 4.78 is 51.6. The summed E-state index contributed by atoms with van der Waals surface area (Å²) in [6, 6.07) is 10.7. The maximum Gasteiger partial charge on any atom is 0.405 e. The molecule has 1 amide bonds. The Bertz CT molecular complexity index is 1410. The van der Waals surface area contributed by atoms with Crippen LogP contribution in [0.3, 0.4) is 0 Å². The molecule has 2 aromatic carbocycles. The highest BCUT2D eigenvalue weighted by Crippen LogP contribution is 2.34. The monoisotopic (exact) mass is 484 g/mol. The predicted octanol–water partition coefficient (Wildman–Crippen LogP) is 3.72. The fourth-order valence-electron chi connectivity index (χ4n) is 3.60. The van der Waals surface area contributed by atoms with Crippen LogP contribution in [0.2, 0.25) is 0 Å². The number of imidazole rings is 1. The van der Waals surface area contributed by atoms with E-state index in [0.717, 1.165) is 16.6 Å². The van der Waals surface area contributed by atoms with Gasteiger partial charge in [-0.05, 0) is 17.7 Å². The summed E-state index contributed by atoms with van der Waals surface area (Å²) in [5.41, 5.74) is 3.47. The van der Waals surface area contributed by atoms with Crippen LogP contribution < -0.4 is 14.8 Å². The quantitative estimate of drug-likeness (QED) is 0.429. The maximum atomic E-state index is 12.6. The van der Waals surface area contributed by atoms with Gasteiger partial charge in [0.15, 0.2) is 0 Å². The smallest absolute Gasteiger partial charge is 0.405 e. The SMILES string of the molecule is COc1cc(-n2cnc3cc(-c4cnn(CC#N)c4)ccc32)cc(OC)c1C(=O)NCC(F)(F)F. The lowest BCUT2D eigenvalue weighted by Gasteiger charge is -2.16. The molecule has 1 N–H and O–H groups in total. The molecule has 0 aliphatic rings. The molecule has 180 valence electrons. The highest BCUT2D eigenvalue weighted by atomic mass is 19.4. The molecule has 12 heteroatoms. The summed E-state index contributed by atoms with van der Waals surface area (Å²) in [6.45, 7) is -1.34. The van der Waals surface area contributed by atoms with Gasteiger partial charge >= 0.3 is 6.18 Å².